The molecule has 4 rings (SSSR count). The van der Waals surface area contributed by atoms with Crippen LogP contribution in [-0.4, -0.2) is 29.9 Å². The highest BCUT2D eigenvalue weighted by atomic mass is 79.9. The molecular formula is C32H35BrN4O4. The highest BCUT2D eigenvalue weighted by molar-refractivity contribution is 9.10. The number of amides is 1. The summed E-state index contributed by atoms with van der Waals surface area (Å²) in [4.78, 5) is 29.8. The van der Waals surface area contributed by atoms with E-state index in [1.165, 1.54) is 6.08 Å². The summed E-state index contributed by atoms with van der Waals surface area (Å²) < 4.78 is 12.6. The molecule has 2 N–H and O–H groups in total. The number of halogens is 1. The fourth-order valence-electron chi connectivity index (χ4n) is 5.40. The molecule has 1 amide bonds. The maximum atomic E-state index is 13.4. The molecule has 0 saturated heterocycles. The van der Waals surface area contributed by atoms with Crippen molar-refractivity contribution in [2.24, 2.45) is 5.92 Å². The number of Topliss-reactive ketones (excluding diaryl/α,β-unsaturated/α-hetero) is 1. The summed E-state index contributed by atoms with van der Waals surface area (Å²) in [5.74, 6) is 0.629. The molecule has 8 nitrogen and oxygen atoms in total. The Morgan fingerprint density at radius 3 is 2.80 bits per heavy atom. The summed E-state index contributed by atoms with van der Waals surface area (Å²) in [7, 11) is 0. The number of aromatic nitrogens is 1. The number of hydrogen-bond acceptors (Lipinski definition) is 7. The second-order valence-electron chi connectivity index (χ2n) is 10.1. The number of benzene rings is 1. The van der Waals surface area contributed by atoms with Crippen molar-refractivity contribution in [3.05, 3.63) is 87.0 Å². The molecule has 9 heteroatoms. The summed E-state index contributed by atoms with van der Waals surface area (Å²) in [6.45, 7) is 6.77. The SMILES string of the molecule is CCCC1CC(=O)C2=C(C1)NC(C)=C(C#N)C2c1cc(Br)c(OCC=CC(=O)NCc2ccccn2)c(OCC)c1. The van der Waals surface area contributed by atoms with Crippen LogP contribution in [0.2, 0.25) is 0 Å². The van der Waals surface area contributed by atoms with Gasteiger partial charge in [0.2, 0.25) is 5.91 Å². The highest BCUT2D eigenvalue weighted by Crippen LogP contribution is 2.47. The molecule has 214 valence electrons. The number of carbonyl (C=O) groups is 2. The number of nitrogens with one attached hydrogen (secondary N) is 2. The van der Waals surface area contributed by atoms with E-state index >= 15 is 0 Å². The second-order valence-corrected chi connectivity index (χ2v) is 11.0. The molecule has 0 saturated carbocycles. The van der Waals surface area contributed by atoms with Crippen molar-refractivity contribution in [2.45, 2.75) is 58.9 Å². The number of nitriles is 1. The van der Waals surface area contributed by atoms with Crippen LogP contribution in [0.1, 0.15) is 63.6 Å². The number of dihydropyridines is 1. The predicted molar refractivity (Wildman–Crippen MR) is 160 cm³/mol. The zero-order valence-electron chi connectivity index (χ0n) is 23.6. The summed E-state index contributed by atoms with van der Waals surface area (Å²) in [6.07, 6.45) is 8.03. The van der Waals surface area contributed by atoms with Crippen molar-refractivity contribution < 1.29 is 19.1 Å². The van der Waals surface area contributed by atoms with Crippen molar-refractivity contribution in [3.63, 3.8) is 0 Å². The van der Waals surface area contributed by atoms with Crippen molar-refractivity contribution in [1.82, 2.24) is 15.6 Å². The van der Waals surface area contributed by atoms with Crippen LogP contribution in [0.4, 0.5) is 0 Å². The molecule has 0 fully saturated rings. The van der Waals surface area contributed by atoms with E-state index in [1.807, 2.05) is 44.2 Å². The van der Waals surface area contributed by atoms with Crippen LogP contribution in [0.15, 0.2) is 75.7 Å². The minimum absolute atomic E-state index is 0.0864. The Labute approximate surface area is 249 Å². The topological polar surface area (TPSA) is 113 Å². The second kappa shape index (κ2) is 14.1. The first-order chi connectivity index (χ1) is 19.9. The minimum atomic E-state index is -0.487. The quantitative estimate of drug-likeness (QED) is 0.296. The van der Waals surface area contributed by atoms with Crippen LogP contribution >= 0.6 is 15.9 Å². The molecule has 2 aliphatic rings. The lowest BCUT2D eigenvalue weighted by Gasteiger charge is -2.35. The van der Waals surface area contributed by atoms with E-state index < -0.39 is 5.92 Å². The minimum Gasteiger partial charge on any atom is -0.490 e. The fraction of sp³-hybridized carbons (Fsp3) is 0.375. The number of rotatable bonds is 11. The van der Waals surface area contributed by atoms with Crippen LogP contribution in [-0.2, 0) is 16.1 Å². The molecule has 1 aromatic carbocycles. The first-order valence-electron chi connectivity index (χ1n) is 13.9. The lowest BCUT2D eigenvalue weighted by atomic mass is 9.72. The van der Waals surface area contributed by atoms with Crippen molar-refractivity contribution in [2.75, 3.05) is 13.2 Å². The average Bonchev–Trinajstić information content (AvgIpc) is 2.95. The van der Waals surface area contributed by atoms with Gasteiger partial charge in [0.1, 0.15) is 6.61 Å². The lowest BCUT2D eigenvalue weighted by molar-refractivity contribution is -0.117. The van der Waals surface area contributed by atoms with E-state index in [-0.39, 0.29) is 18.3 Å². The van der Waals surface area contributed by atoms with Gasteiger partial charge in [0.25, 0.3) is 0 Å². The maximum absolute atomic E-state index is 13.4. The highest BCUT2D eigenvalue weighted by Gasteiger charge is 2.39. The van der Waals surface area contributed by atoms with Gasteiger partial charge in [-0.15, -0.1) is 0 Å². The predicted octanol–water partition coefficient (Wildman–Crippen LogP) is 6.01. The summed E-state index contributed by atoms with van der Waals surface area (Å²) in [5, 5.41) is 16.3. The molecule has 41 heavy (non-hydrogen) atoms. The lowest BCUT2D eigenvalue weighted by Crippen LogP contribution is -2.34. The van der Waals surface area contributed by atoms with Gasteiger partial charge in [-0.05, 0) is 84.4 Å². The number of nitrogens with zero attached hydrogens (tertiary/aromatic N) is 2. The number of pyridine rings is 1. The van der Waals surface area contributed by atoms with Gasteiger partial charge in [0.05, 0.1) is 40.9 Å². The molecule has 1 aliphatic carbocycles. The maximum Gasteiger partial charge on any atom is 0.244 e. The molecule has 0 bridgehead atoms. The third-order valence-electron chi connectivity index (χ3n) is 7.16. The van der Waals surface area contributed by atoms with E-state index in [0.717, 1.165) is 41.9 Å². The Bertz CT molecular complexity index is 1430. The number of ether oxygens (including phenoxy) is 2. The zero-order valence-corrected chi connectivity index (χ0v) is 25.2. The standard InChI is InChI=1S/C32H35BrN4O4/c1-4-9-21-14-26-31(27(38)15-21)30(24(18-34)20(3)37-26)22-16-25(33)32(28(17-22)40-5-2)41-13-8-11-29(39)36-19-23-10-6-7-12-35-23/h6-8,10-12,16-17,21,30,37H,4-5,9,13-15,19H2,1-3H3,(H,36,39). The number of hydrogen-bond donors (Lipinski definition) is 2. The number of allylic oxidation sites excluding steroid dienone is 4. The van der Waals surface area contributed by atoms with Crippen LogP contribution in [0.5, 0.6) is 11.5 Å². The van der Waals surface area contributed by atoms with Crippen LogP contribution < -0.4 is 20.1 Å². The van der Waals surface area contributed by atoms with Crippen molar-refractivity contribution in [1.29, 1.82) is 5.26 Å². The molecule has 0 radical (unpaired) electrons. The van der Waals surface area contributed by atoms with E-state index in [0.29, 0.717) is 52.6 Å². The van der Waals surface area contributed by atoms with Gasteiger partial charge in [0, 0.05) is 35.7 Å². The van der Waals surface area contributed by atoms with Gasteiger partial charge >= 0.3 is 0 Å². The first kappa shape index (κ1) is 30.1. The molecule has 1 aliphatic heterocycles. The van der Waals surface area contributed by atoms with Crippen LogP contribution in [0.3, 0.4) is 0 Å². The average molecular weight is 620 g/mol. The van der Waals surface area contributed by atoms with Gasteiger partial charge in [-0.2, -0.15) is 5.26 Å². The Hall–Kier alpha value is -3.90. The smallest absolute Gasteiger partial charge is 0.244 e. The summed E-state index contributed by atoms with van der Waals surface area (Å²) in [5.41, 5.74) is 4.43. The molecule has 1 aromatic heterocycles. The van der Waals surface area contributed by atoms with Gasteiger partial charge < -0.3 is 20.1 Å². The Morgan fingerprint density at radius 2 is 2.10 bits per heavy atom. The van der Waals surface area contributed by atoms with E-state index in [1.54, 1.807) is 12.3 Å². The molecular weight excluding hydrogens is 584 g/mol. The third kappa shape index (κ3) is 7.25. The molecule has 2 aromatic rings. The fourth-order valence-corrected chi connectivity index (χ4v) is 5.97. The number of carbonyl (C=O) groups excluding carboxylic acids is 2. The summed E-state index contributed by atoms with van der Waals surface area (Å²) >= 11 is 3.63. The monoisotopic (exact) mass is 618 g/mol. The van der Waals surface area contributed by atoms with E-state index in [4.69, 9.17) is 9.47 Å². The van der Waals surface area contributed by atoms with Gasteiger partial charge in [-0.3, -0.25) is 14.6 Å². The molecule has 2 heterocycles. The van der Waals surface area contributed by atoms with Crippen LogP contribution in [0.25, 0.3) is 0 Å². The van der Waals surface area contributed by atoms with E-state index in [2.05, 4.69) is 44.5 Å². The van der Waals surface area contributed by atoms with Crippen molar-refractivity contribution >= 4 is 27.6 Å². The molecule has 0 spiro atoms. The van der Waals surface area contributed by atoms with Gasteiger partial charge in [-0.1, -0.05) is 19.4 Å². The third-order valence-corrected chi connectivity index (χ3v) is 7.75. The Kier molecular flexibility index (Phi) is 10.4. The Morgan fingerprint density at radius 1 is 1.27 bits per heavy atom. The Balaban J connectivity index is 1.55. The normalized spacial score (nSPS) is 18.6. The number of ketones is 1. The summed E-state index contributed by atoms with van der Waals surface area (Å²) in [6, 6.07) is 11.6. The van der Waals surface area contributed by atoms with Gasteiger partial charge in [0.15, 0.2) is 17.3 Å². The first-order valence-corrected chi connectivity index (χ1v) is 14.7. The van der Waals surface area contributed by atoms with Gasteiger partial charge in [-0.25, -0.2) is 0 Å². The van der Waals surface area contributed by atoms with E-state index in [9.17, 15) is 14.9 Å². The molecule has 2 unspecified atom stereocenters. The zero-order chi connectivity index (χ0) is 29.4. The largest absolute Gasteiger partial charge is 0.490 e. The molecule has 2 atom stereocenters. The van der Waals surface area contributed by atoms with Crippen molar-refractivity contribution in [3.8, 4) is 17.6 Å². The van der Waals surface area contributed by atoms with Crippen LogP contribution in [0, 0.1) is 17.2 Å².